The summed E-state index contributed by atoms with van der Waals surface area (Å²) >= 11 is 3.52. The second-order valence-corrected chi connectivity index (χ2v) is 8.07. The molecular weight excluding hydrogens is 320 g/mol. The van der Waals surface area contributed by atoms with Crippen LogP contribution in [0, 0.1) is 24.2 Å². The van der Waals surface area contributed by atoms with Crippen molar-refractivity contribution in [2.24, 2.45) is 17.8 Å². The molecule has 2 aliphatic carbocycles. The smallest absolute Gasteiger partial charge is 0.0175 e. The predicted molar refractivity (Wildman–Crippen MR) is 94.2 cm³/mol. The molecule has 0 heterocycles. The second kappa shape index (κ2) is 7.81. The molecule has 0 aromatic heterocycles. The van der Waals surface area contributed by atoms with E-state index in [-0.39, 0.29) is 0 Å². The van der Waals surface area contributed by atoms with Crippen molar-refractivity contribution in [3.63, 3.8) is 0 Å². The highest BCUT2D eigenvalue weighted by Crippen LogP contribution is 2.40. The molecule has 0 saturated heterocycles. The Morgan fingerprint density at radius 2 is 1.43 bits per heavy atom. The van der Waals surface area contributed by atoms with Crippen LogP contribution < -0.4 is 0 Å². The Hall–Kier alpha value is -0.300. The van der Waals surface area contributed by atoms with Crippen molar-refractivity contribution >= 4 is 15.9 Å². The predicted octanol–water partition coefficient (Wildman–Crippen LogP) is 6.58. The van der Waals surface area contributed by atoms with Gasteiger partial charge in [-0.1, -0.05) is 40.9 Å². The number of hydrogen-bond donors (Lipinski definition) is 0. The van der Waals surface area contributed by atoms with Gasteiger partial charge in [-0.15, -0.1) is 0 Å². The Balaban J connectivity index is 1.40. The largest absolute Gasteiger partial charge is 0.0579 e. The fourth-order valence-electron chi connectivity index (χ4n) is 4.39. The maximum Gasteiger partial charge on any atom is 0.0175 e. The third kappa shape index (κ3) is 4.58. The molecule has 0 bridgehead atoms. The third-order valence-electron chi connectivity index (χ3n) is 5.80. The van der Waals surface area contributed by atoms with Crippen LogP contribution in [0.15, 0.2) is 28.7 Å². The number of aryl methyl sites for hydroxylation is 1. The quantitative estimate of drug-likeness (QED) is 0.576. The van der Waals surface area contributed by atoms with Gasteiger partial charge in [-0.3, -0.25) is 0 Å². The fraction of sp³-hybridized carbons (Fsp3) is 0.650. The molecule has 0 atom stereocenters. The van der Waals surface area contributed by atoms with Crippen molar-refractivity contribution in [2.45, 2.75) is 64.2 Å². The Morgan fingerprint density at radius 1 is 0.810 bits per heavy atom. The van der Waals surface area contributed by atoms with Crippen molar-refractivity contribution in [3.05, 3.63) is 40.7 Å². The molecule has 0 amide bonds. The van der Waals surface area contributed by atoms with Crippen molar-refractivity contribution in [2.75, 3.05) is 0 Å². The minimum absolute atomic E-state index is 0.986. The Labute approximate surface area is 138 Å². The monoisotopic (exact) mass is 347 g/mol. The van der Waals surface area contributed by atoms with E-state index in [9.17, 15) is 0 Å². The van der Waals surface area contributed by atoms with E-state index in [2.05, 4.69) is 46.6 Å². The van der Waals surface area contributed by atoms with Crippen molar-refractivity contribution in [3.8, 4) is 0 Å². The van der Waals surface area contributed by atoms with Crippen LogP contribution in [0.3, 0.4) is 0 Å². The summed E-state index contributed by atoms with van der Waals surface area (Å²) < 4.78 is 1.19. The number of halogens is 1. The summed E-state index contributed by atoms with van der Waals surface area (Å²) in [6.45, 7) is 0. The summed E-state index contributed by atoms with van der Waals surface area (Å²) in [5.74, 6) is 3.10. The first-order chi connectivity index (χ1) is 10.3. The fourth-order valence-corrected chi connectivity index (χ4v) is 4.66. The van der Waals surface area contributed by atoms with Gasteiger partial charge < -0.3 is 0 Å². The molecule has 1 radical (unpaired) electrons. The first-order valence-electron chi connectivity index (χ1n) is 8.87. The van der Waals surface area contributed by atoms with Crippen LogP contribution in [0.2, 0.25) is 0 Å². The van der Waals surface area contributed by atoms with Gasteiger partial charge in [-0.25, -0.2) is 0 Å². The van der Waals surface area contributed by atoms with Gasteiger partial charge >= 0.3 is 0 Å². The molecule has 3 rings (SSSR count). The lowest BCUT2D eigenvalue weighted by Crippen LogP contribution is -2.23. The van der Waals surface area contributed by atoms with Gasteiger partial charge in [0.2, 0.25) is 0 Å². The van der Waals surface area contributed by atoms with Gasteiger partial charge in [0.1, 0.15) is 0 Å². The Morgan fingerprint density at radius 3 is 2.10 bits per heavy atom. The minimum Gasteiger partial charge on any atom is -0.0579 e. The first-order valence-corrected chi connectivity index (χ1v) is 9.66. The first kappa shape index (κ1) is 15.6. The van der Waals surface area contributed by atoms with Gasteiger partial charge in [0.15, 0.2) is 0 Å². The summed E-state index contributed by atoms with van der Waals surface area (Å²) in [6, 6.07) is 8.89. The van der Waals surface area contributed by atoms with E-state index in [1.54, 1.807) is 0 Å². The minimum atomic E-state index is 0.986. The Kier molecular flexibility index (Phi) is 5.80. The highest BCUT2D eigenvalue weighted by Gasteiger charge is 2.28. The highest BCUT2D eigenvalue weighted by atomic mass is 79.9. The van der Waals surface area contributed by atoms with E-state index in [1.165, 1.54) is 74.2 Å². The SMILES string of the molecule is Brc1ccc(CC[C@H]2CC[C@H](C3CC[CH]CC3)CC2)cc1. The van der Waals surface area contributed by atoms with Crippen LogP contribution in [0.4, 0.5) is 0 Å². The van der Waals surface area contributed by atoms with Crippen molar-refractivity contribution in [1.82, 2.24) is 0 Å². The molecule has 2 fully saturated rings. The summed E-state index contributed by atoms with van der Waals surface area (Å²) in [6.07, 6.45) is 16.9. The van der Waals surface area contributed by atoms with E-state index in [0.29, 0.717) is 0 Å². The van der Waals surface area contributed by atoms with E-state index >= 15 is 0 Å². The van der Waals surface area contributed by atoms with Crippen LogP contribution in [0.5, 0.6) is 0 Å². The number of benzene rings is 1. The topological polar surface area (TPSA) is 0 Å². The lowest BCUT2D eigenvalue weighted by Gasteiger charge is -2.35. The molecule has 21 heavy (non-hydrogen) atoms. The number of hydrogen-bond acceptors (Lipinski definition) is 0. The molecule has 2 aliphatic rings. The summed E-state index contributed by atoms with van der Waals surface area (Å²) in [7, 11) is 0. The van der Waals surface area contributed by atoms with Crippen LogP contribution in [0.25, 0.3) is 0 Å². The molecular formula is C20H28Br. The zero-order chi connectivity index (χ0) is 14.5. The van der Waals surface area contributed by atoms with Gasteiger partial charge in [0.25, 0.3) is 0 Å². The second-order valence-electron chi connectivity index (χ2n) is 7.15. The zero-order valence-electron chi connectivity index (χ0n) is 13.1. The normalized spacial score (nSPS) is 27.7. The third-order valence-corrected chi connectivity index (χ3v) is 6.32. The average molecular weight is 348 g/mol. The van der Waals surface area contributed by atoms with E-state index < -0.39 is 0 Å². The number of rotatable bonds is 4. The molecule has 0 N–H and O–H groups in total. The Bertz CT molecular complexity index is 408. The van der Waals surface area contributed by atoms with Gasteiger partial charge in [0.05, 0.1) is 0 Å². The maximum absolute atomic E-state index is 3.52. The van der Waals surface area contributed by atoms with E-state index in [4.69, 9.17) is 0 Å². The lowest BCUT2D eigenvalue weighted by atomic mass is 9.70. The molecule has 2 saturated carbocycles. The van der Waals surface area contributed by atoms with Crippen molar-refractivity contribution in [1.29, 1.82) is 0 Å². The molecule has 0 spiro atoms. The van der Waals surface area contributed by atoms with Gasteiger partial charge in [-0.05, 0) is 93.2 Å². The zero-order valence-corrected chi connectivity index (χ0v) is 14.7. The summed E-state index contributed by atoms with van der Waals surface area (Å²) in [4.78, 5) is 0. The van der Waals surface area contributed by atoms with Crippen LogP contribution in [-0.2, 0) is 6.42 Å². The summed E-state index contributed by atoms with van der Waals surface area (Å²) in [5.41, 5.74) is 1.50. The van der Waals surface area contributed by atoms with Gasteiger partial charge in [0, 0.05) is 4.47 Å². The molecule has 0 aliphatic heterocycles. The molecule has 1 heteroatoms. The standard InChI is InChI=1S/C20H28Br/c21-20-14-10-17(11-15-20)7-6-16-8-12-19(13-9-16)18-4-2-1-3-5-18/h1,10-11,14-16,18-19H,2-9,12-13H2/t16-,19-. The van der Waals surface area contributed by atoms with Crippen LogP contribution in [0.1, 0.15) is 63.4 Å². The molecule has 0 nitrogen and oxygen atoms in total. The average Bonchev–Trinajstić information content (AvgIpc) is 2.56. The van der Waals surface area contributed by atoms with E-state index in [0.717, 1.165) is 17.8 Å². The summed E-state index contributed by atoms with van der Waals surface area (Å²) in [5, 5.41) is 0. The van der Waals surface area contributed by atoms with E-state index in [1.807, 2.05) is 0 Å². The van der Waals surface area contributed by atoms with Crippen molar-refractivity contribution < 1.29 is 0 Å². The molecule has 115 valence electrons. The highest BCUT2D eigenvalue weighted by molar-refractivity contribution is 9.10. The molecule has 1 aromatic carbocycles. The van der Waals surface area contributed by atoms with Crippen LogP contribution in [-0.4, -0.2) is 0 Å². The maximum atomic E-state index is 3.52. The lowest BCUT2D eigenvalue weighted by molar-refractivity contribution is 0.173. The van der Waals surface area contributed by atoms with Gasteiger partial charge in [-0.2, -0.15) is 0 Å². The molecule has 0 unspecified atom stereocenters. The molecule has 1 aromatic rings. The van der Waals surface area contributed by atoms with Crippen LogP contribution >= 0.6 is 15.9 Å².